The summed E-state index contributed by atoms with van der Waals surface area (Å²) in [4.78, 5) is 10.7. The molecular formula is C19H19F3N4O. The third kappa shape index (κ3) is 3.66. The van der Waals surface area contributed by atoms with Crippen LogP contribution in [-0.4, -0.2) is 33.1 Å². The third-order valence-electron chi connectivity index (χ3n) is 5.08. The number of halogens is 3. The van der Waals surface area contributed by atoms with Crippen LogP contribution in [0.4, 0.5) is 13.2 Å². The number of piperidine rings is 1. The van der Waals surface area contributed by atoms with Crippen molar-refractivity contribution < 1.29 is 17.7 Å². The monoisotopic (exact) mass is 376 g/mol. The molecule has 142 valence electrons. The van der Waals surface area contributed by atoms with Crippen LogP contribution >= 0.6 is 0 Å². The molecule has 1 saturated heterocycles. The van der Waals surface area contributed by atoms with Gasteiger partial charge in [0.2, 0.25) is 0 Å². The molecule has 5 nitrogen and oxygen atoms in total. The quantitative estimate of drug-likeness (QED) is 0.681. The van der Waals surface area contributed by atoms with Crippen LogP contribution in [0.3, 0.4) is 0 Å². The highest BCUT2D eigenvalue weighted by molar-refractivity contribution is 5.80. The fraction of sp³-hybridized carbons (Fsp3) is 0.421. The number of likely N-dealkylation sites (tertiary alicyclic amines) is 1. The molecule has 0 aromatic carbocycles. The zero-order chi connectivity index (χ0) is 19.0. The number of fused-ring (bicyclic) bond motifs is 1. The molecule has 3 aromatic heterocycles. The van der Waals surface area contributed by atoms with Gasteiger partial charge in [-0.2, -0.15) is 13.2 Å². The predicted octanol–water partition coefficient (Wildman–Crippen LogP) is 4.32. The summed E-state index contributed by atoms with van der Waals surface area (Å²) in [6.45, 7) is 3.90. The van der Waals surface area contributed by atoms with Crippen molar-refractivity contribution in [2.75, 3.05) is 13.1 Å². The lowest BCUT2D eigenvalue weighted by atomic mass is 9.91. The van der Waals surface area contributed by atoms with E-state index in [4.69, 9.17) is 4.52 Å². The molecular weight excluding hydrogens is 357 g/mol. The first-order valence-electron chi connectivity index (χ1n) is 8.87. The van der Waals surface area contributed by atoms with Gasteiger partial charge in [0.25, 0.3) is 5.71 Å². The van der Waals surface area contributed by atoms with E-state index in [1.54, 1.807) is 6.20 Å². The fourth-order valence-electron chi connectivity index (χ4n) is 3.68. The minimum Gasteiger partial charge on any atom is -0.336 e. The van der Waals surface area contributed by atoms with Crippen LogP contribution < -0.4 is 0 Å². The van der Waals surface area contributed by atoms with Crippen LogP contribution in [0.1, 0.15) is 41.3 Å². The molecule has 4 rings (SSSR count). The molecule has 8 heteroatoms. The molecule has 27 heavy (non-hydrogen) atoms. The van der Waals surface area contributed by atoms with Crippen LogP contribution in [-0.2, 0) is 12.7 Å². The Bertz CT molecular complexity index is 931. The van der Waals surface area contributed by atoms with Gasteiger partial charge in [-0.05, 0) is 50.6 Å². The lowest BCUT2D eigenvalue weighted by Crippen LogP contribution is -2.32. The van der Waals surface area contributed by atoms with Gasteiger partial charge in [0.15, 0.2) is 0 Å². The zero-order valence-corrected chi connectivity index (χ0v) is 14.8. The van der Waals surface area contributed by atoms with E-state index in [9.17, 15) is 13.2 Å². The summed E-state index contributed by atoms with van der Waals surface area (Å²) in [5, 5.41) is 3.62. The van der Waals surface area contributed by atoms with E-state index in [-0.39, 0.29) is 22.7 Å². The number of pyridine rings is 2. The summed E-state index contributed by atoms with van der Waals surface area (Å²) in [5.41, 5.74) is 1.04. The summed E-state index contributed by atoms with van der Waals surface area (Å²) in [6, 6.07) is 5.10. The Balaban J connectivity index is 1.54. The number of hydrogen-bond donors (Lipinski definition) is 0. The zero-order valence-electron chi connectivity index (χ0n) is 14.8. The maximum atomic E-state index is 13.5. The minimum atomic E-state index is -4.47. The van der Waals surface area contributed by atoms with E-state index in [2.05, 4.69) is 20.0 Å². The van der Waals surface area contributed by atoms with Gasteiger partial charge in [-0.3, -0.25) is 9.88 Å². The molecule has 4 heterocycles. The van der Waals surface area contributed by atoms with E-state index in [0.717, 1.165) is 38.0 Å². The molecule has 0 amide bonds. The van der Waals surface area contributed by atoms with Crippen molar-refractivity contribution in [2.24, 2.45) is 0 Å². The lowest BCUT2D eigenvalue weighted by Gasteiger charge is -2.31. The Kier molecular flexibility index (Phi) is 4.59. The highest BCUT2D eigenvalue weighted by Gasteiger charge is 2.36. The number of hydrogen-bond acceptors (Lipinski definition) is 5. The summed E-state index contributed by atoms with van der Waals surface area (Å²) in [5.74, 6) is -0.0222. The van der Waals surface area contributed by atoms with Gasteiger partial charge < -0.3 is 4.52 Å². The Morgan fingerprint density at radius 2 is 2.04 bits per heavy atom. The second-order valence-electron chi connectivity index (χ2n) is 6.95. The molecule has 1 aliphatic heterocycles. The van der Waals surface area contributed by atoms with Crippen molar-refractivity contribution in [3.8, 4) is 0 Å². The number of aromatic nitrogens is 3. The molecule has 0 atom stereocenters. The number of rotatable bonds is 3. The van der Waals surface area contributed by atoms with Gasteiger partial charge in [-0.1, -0.05) is 11.2 Å². The van der Waals surface area contributed by atoms with Gasteiger partial charge in [0, 0.05) is 30.6 Å². The van der Waals surface area contributed by atoms with Crippen molar-refractivity contribution in [3.63, 3.8) is 0 Å². The highest BCUT2D eigenvalue weighted by atomic mass is 19.4. The smallest absolute Gasteiger partial charge is 0.336 e. The average Bonchev–Trinajstić information content (AvgIpc) is 3.03. The molecule has 1 aliphatic rings. The van der Waals surface area contributed by atoms with E-state index >= 15 is 0 Å². The molecule has 1 fully saturated rings. The second-order valence-corrected chi connectivity index (χ2v) is 6.95. The molecule has 0 aliphatic carbocycles. The van der Waals surface area contributed by atoms with Gasteiger partial charge in [-0.15, -0.1) is 0 Å². The van der Waals surface area contributed by atoms with Crippen molar-refractivity contribution in [3.05, 3.63) is 53.1 Å². The topological polar surface area (TPSA) is 55.1 Å². The van der Waals surface area contributed by atoms with E-state index in [1.165, 1.54) is 13.0 Å². The van der Waals surface area contributed by atoms with Crippen LogP contribution in [0.25, 0.3) is 11.1 Å². The highest BCUT2D eigenvalue weighted by Crippen LogP contribution is 2.38. The summed E-state index contributed by atoms with van der Waals surface area (Å²) >= 11 is 0. The van der Waals surface area contributed by atoms with Crippen molar-refractivity contribution >= 4 is 11.1 Å². The molecule has 3 aromatic rings. The molecule has 0 radical (unpaired) electrons. The standard InChI is InChI=1S/C19H19F3N4O/c1-12-17-15(19(20,21)22)9-16(24-18(17)27-25-12)14-4-7-26(8-5-14)11-13-3-2-6-23-10-13/h2-3,6,9-10,14H,4-5,7-8,11H2,1H3. The SMILES string of the molecule is Cc1noc2nc(C3CCN(Cc4cccnc4)CC3)cc(C(F)(F)F)c12. The third-order valence-corrected chi connectivity index (χ3v) is 5.08. The maximum Gasteiger partial charge on any atom is 0.417 e. The van der Waals surface area contributed by atoms with Gasteiger partial charge in [-0.25, -0.2) is 4.98 Å². The number of aryl methyl sites for hydroxylation is 1. The molecule has 0 N–H and O–H groups in total. The fourth-order valence-corrected chi connectivity index (χ4v) is 3.68. The van der Waals surface area contributed by atoms with Crippen LogP contribution in [0.5, 0.6) is 0 Å². The maximum absolute atomic E-state index is 13.5. The molecule has 0 unspecified atom stereocenters. The van der Waals surface area contributed by atoms with Gasteiger partial charge >= 0.3 is 6.18 Å². The number of nitrogens with zero attached hydrogens (tertiary/aromatic N) is 4. The van der Waals surface area contributed by atoms with E-state index in [1.807, 2.05) is 18.3 Å². The normalized spacial score (nSPS) is 16.9. The van der Waals surface area contributed by atoms with Crippen LogP contribution in [0.15, 0.2) is 35.1 Å². The Labute approximate surface area is 154 Å². The second kappa shape index (κ2) is 6.92. The minimum absolute atomic E-state index is 0.0222. The van der Waals surface area contributed by atoms with Crippen LogP contribution in [0, 0.1) is 6.92 Å². The van der Waals surface area contributed by atoms with E-state index in [0.29, 0.717) is 5.69 Å². The van der Waals surface area contributed by atoms with Gasteiger partial charge in [0.05, 0.1) is 16.6 Å². The molecule has 0 spiro atoms. The number of alkyl halides is 3. The van der Waals surface area contributed by atoms with Crippen molar-refractivity contribution in [2.45, 2.75) is 38.4 Å². The Hall–Kier alpha value is -2.48. The van der Waals surface area contributed by atoms with Crippen molar-refractivity contribution in [1.82, 2.24) is 20.0 Å². The lowest BCUT2D eigenvalue weighted by molar-refractivity contribution is -0.136. The van der Waals surface area contributed by atoms with Crippen LogP contribution in [0.2, 0.25) is 0 Å². The summed E-state index contributed by atoms with van der Waals surface area (Å²) < 4.78 is 45.6. The van der Waals surface area contributed by atoms with Gasteiger partial charge in [0.1, 0.15) is 0 Å². The largest absolute Gasteiger partial charge is 0.417 e. The Morgan fingerprint density at radius 3 is 2.70 bits per heavy atom. The summed E-state index contributed by atoms with van der Waals surface area (Å²) in [6.07, 6.45) is 0.615. The first kappa shape index (κ1) is 17.9. The molecule has 0 saturated carbocycles. The summed E-state index contributed by atoms with van der Waals surface area (Å²) in [7, 11) is 0. The van der Waals surface area contributed by atoms with Crippen molar-refractivity contribution in [1.29, 1.82) is 0 Å². The average molecular weight is 376 g/mol. The first-order chi connectivity index (χ1) is 12.9. The molecule has 0 bridgehead atoms. The van der Waals surface area contributed by atoms with E-state index < -0.39 is 11.7 Å². The Morgan fingerprint density at radius 1 is 1.26 bits per heavy atom. The predicted molar refractivity (Wildman–Crippen MR) is 93.0 cm³/mol. The first-order valence-corrected chi connectivity index (χ1v) is 8.87.